The molecule has 0 heterocycles. The summed E-state index contributed by atoms with van der Waals surface area (Å²) in [6, 6.07) is 0. The topological polar surface area (TPSA) is 0 Å². The van der Waals surface area contributed by atoms with Gasteiger partial charge in [-0.15, -0.1) is 0 Å². The molecule has 0 N–H and O–H groups in total. The predicted octanol–water partition coefficient (Wildman–Crippen LogP) is 8.18. The van der Waals surface area contributed by atoms with Crippen LogP contribution in [0.15, 0.2) is 45.6 Å². The summed E-state index contributed by atoms with van der Waals surface area (Å²) < 4.78 is 0. The Morgan fingerprint density at radius 1 is 0.783 bits per heavy atom. The van der Waals surface area contributed by atoms with Gasteiger partial charge in [0.2, 0.25) is 0 Å². The minimum atomic E-state index is 0.311. The molecule has 0 aromatic heterocycles. The zero-order chi connectivity index (χ0) is 18.4. The van der Waals surface area contributed by atoms with Crippen molar-refractivity contribution in [2.75, 3.05) is 0 Å². The summed E-state index contributed by atoms with van der Waals surface area (Å²) >= 11 is 0. The molecule has 23 heavy (non-hydrogen) atoms. The van der Waals surface area contributed by atoms with Crippen LogP contribution in [0.1, 0.15) is 94.9 Å². The lowest BCUT2D eigenvalue weighted by Crippen LogP contribution is -2.10. The molecule has 0 radical (unpaired) electrons. The van der Waals surface area contributed by atoms with Gasteiger partial charge in [-0.05, 0) is 82.4 Å². The van der Waals surface area contributed by atoms with Crippen molar-refractivity contribution in [1.29, 1.82) is 0 Å². The van der Waals surface area contributed by atoms with E-state index in [1.165, 1.54) is 27.9 Å². The Kier molecular flexibility index (Phi) is 8.88. The van der Waals surface area contributed by atoms with Crippen molar-refractivity contribution in [3.8, 4) is 0 Å². The largest absolute Gasteiger partial charge is 0.0959 e. The van der Waals surface area contributed by atoms with Gasteiger partial charge in [-0.2, -0.15) is 0 Å². The number of rotatable bonds is 7. The Balaban J connectivity index is 5.98. The normalized spacial score (nSPS) is 14.2. The number of allylic oxidation sites excluding steroid dienone is 7. The summed E-state index contributed by atoms with van der Waals surface area (Å²) in [4.78, 5) is 0. The van der Waals surface area contributed by atoms with Gasteiger partial charge in [0, 0.05) is 0 Å². The van der Waals surface area contributed by atoms with Gasteiger partial charge in [-0.1, -0.05) is 63.5 Å². The maximum atomic E-state index is 4.09. The van der Waals surface area contributed by atoms with Crippen LogP contribution in [0.3, 0.4) is 0 Å². The highest BCUT2D eigenvalue weighted by Crippen LogP contribution is 2.35. The smallest absolute Gasteiger partial charge is 0.0102 e. The molecule has 0 atom stereocenters. The van der Waals surface area contributed by atoms with Crippen molar-refractivity contribution < 1.29 is 0 Å². The quantitative estimate of drug-likeness (QED) is 0.415. The van der Waals surface area contributed by atoms with Crippen molar-refractivity contribution in [1.82, 2.24) is 0 Å². The second kappa shape index (κ2) is 9.30. The standard InChI is InChI=1S/C23H40/c1-12-21(13-2)20(8)22(15-23(9,10)11)18(6)14-17(5)19(7)16(3)4/h3,12-15H2,1-2,4-11H3. The molecule has 0 unspecified atom stereocenters. The lowest BCUT2D eigenvalue weighted by molar-refractivity contribution is 0.409. The van der Waals surface area contributed by atoms with Gasteiger partial charge in [-0.3, -0.25) is 0 Å². The van der Waals surface area contributed by atoms with E-state index in [1.807, 2.05) is 0 Å². The molecule has 0 heteroatoms. The van der Waals surface area contributed by atoms with Gasteiger partial charge < -0.3 is 0 Å². The molecule has 0 amide bonds. The second-order valence-corrected chi connectivity index (χ2v) is 8.29. The Morgan fingerprint density at radius 3 is 1.61 bits per heavy atom. The molecule has 0 saturated carbocycles. The number of hydrogen-bond donors (Lipinski definition) is 0. The maximum absolute atomic E-state index is 4.09. The van der Waals surface area contributed by atoms with E-state index >= 15 is 0 Å². The van der Waals surface area contributed by atoms with E-state index in [-0.39, 0.29) is 0 Å². The summed E-state index contributed by atoms with van der Waals surface area (Å²) in [5.41, 5.74) is 10.5. The van der Waals surface area contributed by atoms with E-state index in [4.69, 9.17) is 0 Å². The highest BCUT2D eigenvalue weighted by atomic mass is 14.2. The maximum Gasteiger partial charge on any atom is -0.0102 e. The summed E-state index contributed by atoms with van der Waals surface area (Å²) in [7, 11) is 0. The molecule has 0 rings (SSSR count). The van der Waals surface area contributed by atoms with Crippen LogP contribution >= 0.6 is 0 Å². The van der Waals surface area contributed by atoms with Crippen LogP contribution in [0.5, 0.6) is 0 Å². The van der Waals surface area contributed by atoms with Crippen LogP contribution in [0.2, 0.25) is 0 Å². The first kappa shape index (κ1) is 22.0. The molecule has 0 nitrogen and oxygen atoms in total. The predicted molar refractivity (Wildman–Crippen MR) is 108 cm³/mol. The van der Waals surface area contributed by atoms with E-state index in [1.54, 1.807) is 11.1 Å². The van der Waals surface area contributed by atoms with Gasteiger partial charge >= 0.3 is 0 Å². The molecule has 0 spiro atoms. The van der Waals surface area contributed by atoms with Crippen LogP contribution in [0, 0.1) is 5.41 Å². The van der Waals surface area contributed by atoms with E-state index < -0.39 is 0 Å². The monoisotopic (exact) mass is 316 g/mol. The molecule has 0 aliphatic heterocycles. The van der Waals surface area contributed by atoms with E-state index in [0.717, 1.165) is 25.7 Å². The first-order chi connectivity index (χ1) is 10.4. The lowest BCUT2D eigenvalue weighted by Gasteiger charge is -2.25. The zero-order valence-corrected chi connectivity index (χ0v) is 17.5. The summed E-state index contributed by atoms with van der Waals surface area (Å²) in [6.45, 7) is 26.9. The van der Waals surface area contributed by atoms with E-state index in [2.05, 4.69) is 75.8 Å². The van der Waals surface area contributed by atoms with Gasteiger partial charge in [0.25, 0.3) is 0 Å². The fraction of sp³-hybridized carbons (Fsp3) is 0.652. The van der Waals surface area contributed by atoms with E-state index in [9.17, 15) is 0 Å². The minimum absolute atomic E-state index is 0.311. The molecule has 0 saturated heterocycles. The van der Waals surface area contributed by atoms with Crippen molar-refractivity contribution in [3.05, 3.63) is 45.6 Å². The van der Waals surface area contributed by atoms with Crippen LogP contribution in [-0.4, -0.2) is 0 Å². The van der Waals surface area contributed by atoms with Gasteiger partial charge in [0.05, 0.1) is 0 Å². The molecule has 0 aliphatic rings. The molecule has 0 fully saturated rings. The Labute approximate surface area is 146 Å². The fourth-order valence-electron chi connectivity index (χ4n) is 3.13. The first-order valence-corrected chi connectivity index (χ1v) is 9.14. The molecule has 0 aliphatic carbocycles. The van der Waals surface area contributed by atoms with Crippen LogP contribution in [0.4, 0.5) is 0 Å². The highest BCUT2D eigenvalue weighted by Gasteiger charge is 2.18. The highest BCUT2D eigenvalue weighted by molar-refractivity contribution is 5.40. The van der Waals surface area contributed by atoms with Gasteiger partial charge in [0.15, 0.2) is 0 Å². The first-order valence-electron chi connectivity index (χ1n) is 9.14. The minimum Gasteiger partial charge on any atom is -0.0959 e. The zero-order valence-electron chi connectivity index (χ0n) is 17.5. The third-order valence-electron chi connectivity index (χ3n) is 4.87. The number of hydrogen-bond acceptors (Lipinski definition) is 0. The third-order valence-corrected chi connectivity index (χ3v) is 4.87. The van der Waals surface area contributed by atoms with Crippen molar-refractivity contribution >= 4 is 0 Å². The molecular formula is C23H40. The second-order valence-electron chi connectivity index (χ2n) is 8.29. The third kappa shape index (κ3) is 7.38. The average molecular weight is 317 g/mol. The molecule has 0 aromatic rings. The van der Waals surface area contributed by atoms with Gasteiger partial charge in [-0.25, -0.2) is 0 Å². The fourth-order valence-corrected chi connectivity index (χ4v) is 3.13. The molecule has 132 valence electrons. The SMILES string of the molecule is C=C(C)C(C)=C(C)CC(C)=C(CC(C)(C)C)C(C)=C(CC)CC. The Morgan fingerprint density at radius 2 is 1.26 bits per heavy atom. The Hall–Kier alpha value is -1.04. The lowest BCUT2D eigenvalue weighted by atomic mass is 9.80. The molecule has 0 bridgehead atoms. The molecule has 0 aromatic carbocycles. The summed E-state index contributed by atoms with van der Waals surface area (Å²) in [5, 5.41) is 0. The molecular weight excluding hydrogens is 276 g/mol. The summed E-state index contributed by atoms with van der Waals surface area (Å²) in [5.74, 6) is 0. The van der Waals surface area contributed by atoms with Gasteiger partial charge in [0.1, 0.15) is 0 Å². The van der Waals surface area contributed by atoms with Crippen molar-refractivity contribution in [3.63, 3.8) is 0 Å². The average Bonchev–Trinajstić information content (AvgIpc) is 2.43. The Bertz CT molecular complexity index is 507. The van der Waals surface area contributed by atoms with Crippen LogP contribution < -0.4 is 0 Å². The summed E-state index contributed by atoms with van der Waals surface area (Å²) in [6.07, 6.45) is 4.52. The van der Waals surface area contributed by atoms with Crippen LogP contribution in [0.25, 0.3) is 0 Å². The van der Waals surface area contributed by atoms with Crippen molar-refractivity contribution in [2.24, 2.45) is 5.41 Å². The van der Waals surface area contributed by atoms with Crippen LogP contribution in [-0.2, 0) is 0 Å². The van der Waals surface area contributed by atoms with Crippen molar-refractivity contribution in [2.45, 2.75) is 94.9 Å². The van der Waals surface area contributed by atoms with E-state index in [0.29, 0.717) is 5.41 Å².